The molecule has 0 radical (unpaired) electrons. The fraction of sp³-hybridized carbons (Fsp3) is 0.250. The van der Waals surface area contributed by atoms with E-state index in [1.807, 2.05) is 43.3 Å². The Kier molecular flexibility index (Phi) is 4.42. The Morgan fingerprint density at radius 2 is 2.04 bits per heavy atom. The topological polar surface area (TPSA) is 62.3 Å². The Morgan fingerprint density at radius 1 is 1.23 bits per heavy atom. The Bertz CT molecular complexity index is 978. The van der Waals surface area contributed by atoms with Gasteiger partial charge in [-0.1, -0.05) is 29.5 Å². The maximum absolute atomic E-state index is 12.3. The van der Waals surface area contributed by atoms with E-state index in [0.717, 1.165) is 34.4 Å². The summed E-state index contributed by atoms with van der Waals surface area (Å²) in [6.45, 7) is 2.81. The molecule has 1 saturated heterocycles. The Morgan fingerprint density at radius 3 is 2.77 bits per heavy atom. The van der Waals surface area contributed by atoms with Crippen LogP contribution in [0.1, 0.15) is 24.0 Å². The van der Waals surface area contributed by atoms with Gasteiger partial charge >= 0.3 is 0 Å². The van der Waals surface area contributed by atoms with Crippen LogP contribution in [0.5, 0.6) is 0 Å². The maximum Gasteiger partial charge on any atom is 0.230 e. The molecule has 2 aromatic carbocycles. The van der Waals surface area contributed by atoms with E-state index in [4.69, 9.17) is 0 Å². The number of benzene rings is 2. The highest BCUT2D eigenvalue weighted by molar-refractivity contribution is 7.22. The van der Waals surface area contributed by atoms with Crippen LogP contribution in [0.2, 0.25) is 0 Å². The fourth-order valence-electron chi connectivity index (χ4n) is 3.15. The molecule has 1 aliphatic heterocycles. The molecule has 1 fully saturated rings. The van der Waals surface area contributed by atoms with E-state index in [1.54, 1.807) is 4.90 Å². The minimum Gasteiger partial charge on any atom is -0.312 e. The summed E-state index contributed by atoms with van der Waals surface area (Å²) in [4.78, 5) is 30.4. The van der Waals surface area contributed by atoms with E-state index in [9.17, 15) is 9.59 Å². The van der Waals surface area contributed by atoms with Crippen molar-refractivity contribution in [1.29, 1.82) is 0 Å². The molecule has 0 atom stereocenters. The first-order valence-electron chi connectivity index (χ1n) is 8.65. The summed E-state index contributed by atoms with van der Waals surface area (Å²) >= 11 is 1.48. The van der Waals surface area contributed by atoms with Gasteiger partial charge < -0.3 is 10.2 Å². The third-order valence-electron chi connectivity index (χ3n) is 4.48. The van der Waals surface area contributed by atoms with Crippen LogP contribution in [0.4, 0.5) is 10.8 Å². The summed E-state index contributed by atoms with van der Waals surface area (Å²) in [6.07, 6.45) is 1.81. The lowest BCUT2D eigenvalue weighted by atomic mass is 10.1. The lowest BCUT2D eigenvalue weighted by molar-refractivity contribution is -0.117. The van der Waals surface area contributed by atoms with Crippen molar-refractivity contribution in [2.75, 3.05) is 16.8 Å². The number of carbonyl (C=O) groups is 2. The summed E-state index contributed by atoms with van der Waals surface area (Å²) < 4.78 is 1.07. The molecule has 1 aromatic heterocycles. The van der Waals surface area contributed by atoms with Gasteiger partial charge in [0.1, 0.15) is 0 Å². The predicted molar refractivity (Wildman–Crippen MR) is 105 cm³/mol. The molecule has 2 amide bonds. The molecule has 4 rings (SSSR count). The van der Waals surface area contributed by atoms with Crippen molar-refractivity contribution in [3.63, 3.8) is 0 Å². The average Bonchev–Trinajstić information content (AvgIpc) is 3.20. The van der Waals surface area contributed by atoms with Gasteiger partial charge in [0.15, 0.2) is 5.13 Å². The van der Waals surface area contributed by atoms with E-state index in [1.165, 1.54) is 16.9 Å². The number of aromatic nitrogens is 1. The lowest BCUT2D eigenvalue weighted by Gasteiger charge is -2.15. The first-order chi connectivity index (χ1) is 12.6. The second kappa shape index (κ2) is 6.88. The van der Waals surface area contributed by atoms with Crippen LogP contribution >= 0.6 is 11.3 Å². The average molecular weight is 365 g/mol. The van der Waals surface area contributed by atoms with E-state index in [-0.39, 0.29) is 18.2 Å². The second-order valence-electron chi connectivity index (χ2n) is 6.53. The summed E-state index contributed by atoms with van der Waals surface area (Å²) in [7, 11) is 0. The van der Waals surface area contributed by atoms with Crippen LogP contribution in [-0.4, -0.2) is 23.3 Å². The molecule has 5 nitrogen and oxygen atoms in total. The van der Waals surface area contributed by atoms with Gasteiger partial charge in [0.2, 0.25) is 11.8 Å². The third kappa shape index (κ3) is 3.46. The fourth-order valence-corrected chi connectivity index (χ4v) is 4.13. The van der Waals surface area contributed by atoms with Gasteiger partial charge in [0.05, 0.1) is 16.6 Å². The Balaban J connectivity index is 1.41. The predicted octanol–water partition coefficient (Wildman–Crippen LogP) is 3.91. The van der Waals surface area contributed by atoms with Gasteiger partial charge in [-0.3, -0.25) is 9.59 Å². The Hall–Kier alpha value is -2.73. The standard InChI is InChI=1S/C20H19N3O2S/c1-13-4-9-16-17(11-13)26-20(21-16)22-18(24)12-14-5-7-15(8-6-14)23-10-2-3-19(23)25/h4-9,11H,2-3,10,12H2,1H3,(H,21,22,24). The molecule has 2 heterocycles. The molecule has 0 unspecified atom stereocenters. The zero-order valence-corrected chi connectivity index (χ0v) is 15.3. The van der Waals surface area contributed by atoms with Crippen molar-refractivity contribution < 1.29 is 9.59 Å². The highest BCUT2D eigenvalue weighted by Crippen LogP contribution is 2.27. The SMILES string of the molecule is Cc1ccc2nc(NC(=O)Cc3ccc(N4CCCC4=O)cc3)sc2c1. The van der Waals surface area contributed by atoms with Crippen LogP contribution in [0.25, 0.3) is 10.2 Å². The molecule has 1 N–H and O–H groups in total. The number of hydrogen-bond acceptors (Lipinski definition) is 4. The van der Waals surface area contributed by atoms with Gasteiger partial charge in [0, 0.05) is 18.7 Å². The van der Waals surface area contributed by atoms with Crippen LogP contribution in [-0.2, 0) is 16.0 Å². The minimum absolute atomic E-state index is 0.0919. The maximum atomic E-state index is 12.3. The third-order valence-corrected chi connectivity index (χ3v) is 5.41. The summed E-state index contributed by atoms with van der Waals surface area (Å²) in [6, 6.07) is 13.7. The number of aryl methyl sites for hydroxylation is 1. The first kappa shape index (κ1) is 16.7. The molecule has 1 aliphatic rings. The van der Waals surface area contributed by atoms with Crippen LogP contribution in [0.3, 0.4) is 0 Å². The van der Waals surface area contributed by atoms with Crippen LogP contribution in [0.15, 0.2) is 42.5 Å². The number of amides is 2. The molecule has 0 spiro atoms. The molecular weight excluding hydrogens is 346 g/mol. The highest BCUT2D eigenvalue weighted by atomic mass is 32.1. The molecule has 0 saturated carbocycles. The second-order valence-corrected chi connectivity index (χ2v) is 7.56. The van der Waals surface area contributed by atoms with E-state index < -0.39 is 0 Å². The quantitative estimate of drug-likeness (QED) is 0.762. The molecule has 0 bridgehead atoms. The molecular formula is C20H19N3O2S. The van der Waals surface area contributed by atoms with E-state index in [0.29, 0.717) is 11.6 Å². The number of carbonyl (C=O) groups excluding carboxylic acids is 2. The number of anilines is 2. The van der Waals surface area contributed by atoms with E-state index >= 15 is 0 Å². The lowest BCUT2D eigenvalue weighted by Crippen LogP contribution is -2.23. The molecule has 26 heavy (non-hydrogen) atoms. The van der Waals surface area contributed by atoms with Crippen molar-refractivity contribution in [3.05, 3.63) is 53.6 Å². The normalized spacial score (nSPS) is 14.2. The minimum atomic E-state index is -0.0919. The van der Waals surface area contributed by atoms with Crippen molar-refractivity contribution >= 4 is 44.2 Å². The summed E-state index contributed by atoms with van der Waals surface area (Å²) in [5.74, 6) is 0.0762. The van der Waals surface area contributed by atoms with Gasteiger partial charge in [-0.05, 0) is 48.7 Å². The van der Waals surface area contributed by atoms with Gasteiger partial charge in [-0.15, -0.1) is 0 Å². The van der Waals surface area contributed by atoms with E-state index in [2.05, 4.69) is 16.4 Å². The van der Waals surface area contributed by atoms with Crippen molar-refractivity contribution in [1.82, 2.24) is 4.98 Å². The zero-order chi connectivity index (χ0) is 18.1. The zero-order valence-electron chi connectivity index (χ0n) is 14.5. The number of nitrogens with zero attached hydrogens (tertiary/aromatic N) is 2. The number of nitrogens with one attached hydrogen (secondary N) is 1. The smallest absolute Gasteiger partial charge is 0.230 e. The van der Waals surface area contributed by atoms with Crippen molar-refractivity contribution in [2.24, 2.45) is 0 Å². The summed E-state index contributed by atoms with van der Waals surface area (Å²) in [5.41, 5.74) is 3.89. The monoisotopic (exact) mass is 365 g/mol. The Labute approximate surface area is 155 Å². The number of hydrogen-bond donors (Lipinski definition) is 1. The summed E-state index contributed by atoms with van der Waals surface area (Å²) in [5, 5.41) is 3.50. The van der Waals surface area contributed by atoms with Crippen molar-refractivity contribution in [3.8, 4) is 0 Å². The molecule has 6 heteroatoms. The van der Waals surface area contributed by atoms with Gasteiger partial charge in [0.25, 0.3) is 0 Å². The van der Waals surface area contributed by atoms with Crippen LogP contribution in [0, 0.1) is 6.92 Å². The van der Waals surface area contributed by atoms with Gasteiger partial charge in [-0.25, -0.2) is 4.98 Å². The number of thiazole rings is 1. The molecule has 132 valence electrons. The first-order valence-corrected chi connectivity index (χ1v) is 9.46. The highest BCUT2D eigenvalue weighted by Gasteiger charge is 2.21. The number of rotatable bonds is 4. The molecule has 0 aliphatic carbocycles. The molecule has 3 aromatic rings. The number of fused-ring (bicyclic) bond motifs is 1. The van der Waals surface area contributed by atoms with Crippen molar-refractivity contribution in [2.45, 2.75) is 26.2 Å². The van der Waals surface area contributed by atoms with Crippen LogP contribution < -0.4 is 10.2 Å². The largest absolute Gasteiger partial charge is 0.312 e. The van der Waals surface area contributed by atoms with Gasteiger partial charge in [-0.2, -0.15) is 0 Å².